The van der Waals surface area contributed by atoms with Crippen LogP contribution in [0, 0.1) is 26.2 Å². The highest BCUT2D eigenvalue weighted by molar-refractivity contribution is 7.89. The van der Waals surface area contributed by atoms with Gasteiger partial charge in [-0.15, -0.1) is 10.2 Å². The number of sulfonamides is 1. The third-order valence-corrected chi connectivity index (χ3v) is 11.1. The molecule has 1 unspecified atom stereocenters. The molecule has 6 heterocycles. The summed E-state index contributed by atoms with van der Waals surface area (Å²) in [6, 6.07) is 4.69. The van der Waals surface area contributed by atoms with Crippen LogP contribution in [0.5, 0.6) is 5.88 Å². The van der Waals surface area contributed by atoms with Crippen molar-refractivity contribution in [1.29, 1.82) is 0 Å². The van der Waals surface area contributed by atoms with Crippen LogP contribution in [0.4, 0.5) is 13.2 Å². The topological polar surface area (TPSA) is 149 Å². The maximum atomic E-state index is 14.2. The van der Waals surface area contributed by atoms with Crippen molar-refractivity contribution >= 4 is 21.6 Å². The lowest BCUT2D eigenvalue weighted by molar-refractivity contribution is -0.147. The van der Waals surface area contributed by atoms with Crippen LogP contribution in [0.3, 0.4) is 0 Å². The fourth-order valence-corrected chi connectivity index (χ4v) is 8.18. The average Bonchev–Trinajstić information content (AvgIpc) is 3.44. The molecule has 1 N–H and O–H groups in total. The fourth-order valence-electron chi connectivity index (χ4n) is 6.54. The molecule has 1 saturated heterocycles. The first kappa shape index (κ1) is 33.7. The van der Waals surface area contributed by atoms with Crippen LogP contribution in [0.2, 0.25) is 0 Å². The normalized spacial score (nSPS) is 18.7. The Bertz CT molecular complexity index is 2020. The Labute approximate surface area is 275 Å². The highest BCUT2D eigenvalue weighted by Gasteiger charge is 2.46. The Hall–Kier alpha value is -4.15. The Morgan fingerprint density at radius 3 is 2.46 bits per heavy atom. The summed E-state index contributed by atoms with van der Waals surface area (Å²) in [5, 5.41) is 17.5. The second kappa shape index (κ2) is 11.8. The molecule has 1 spiro atoms. The van der Waals surface area contributed by atoms with E-state index < -0.39 is 44.9 Å². The number of alkyl halides is 3. The van der Waals surface area contributed by atoms with Crippen LogP contribution in [0.15, 0.2) is 41.7 Å². The predicted molar refractivity (Wildman–Crippen MR) is 165 cm³/mol. The summed E-state index contributed by atoms with van der Waals surface area (Å²) in [5.41, 5.74) is 0.426. The molecule has 6 rings (SSSR count). The number of nitrogens with zero attached hydrogens (tertiary/aromatic N) is 6. The van der Waals surface area contributed by atoms with E-state index in [1.54, 1.807) is 33.0 Å². The lowest BCUT2D eigenvalue weighted by Crippen LogP contribution is -2.50. The number of hydrogen-bond acceptors (Lipinski definition) is 9. The minimum atomic E-state index is -4.75. The zero-order chi connectivity index (χ0) is 34.8. The van der Waals surface area contributed by atoms with Gasteiger partial charge in [0.05, 0.1) is 25.2 Å². The van der Waals surface area contributed by atoms with Crippen molar-refractivity contribution in [1.82, 2.24) is 28.9 Å². The zero-order valence-electron chi connectivity index (χ0n) is 27.0. The number of carboxylic acids is 1. The van der Waals surface area contributed by atoms with Gasteiger partial charge >= 0.3 is 12.1 Å². The smallest absolute Gasteiger partial charge is 0.452 e. The summed E-state index contributed by atoms with van der Waals surface area (Å²) in [4.78, 5) is 21.6. The molecule has 2 aliphatic heterocycles. The van der Waals surface area contributed by atoms with E-state index >= 15 is 0 Å². The number of aromatic nitrogens is 5. The molecule has 2 aliphatic rings. The summed E-state index contributed by atoms with van der Waals surface area (Å²) in [5.74, 6) is -3.24. The molecule has 0 aromatic carbocycles. The fraction of sp³-hybridized carbons (Fsp3) is 0.469. The average molecular weight is 689 g/mol. The van der Waals surface area contributed by atoms with Crippen molar-refractivity contribution in [2.45, 2.75) is 76.6 Å². The van der Waals surface area contributed by atoms with Gasteiger partial charge in [-0.25, -0.2) is 13.4 Å². The predicted octanol–water partition coefficient (Wildman–Crippen LogP) is 4.84. The first-order valence-electron chi connectivity index (χ1n) is 15.3. The van der Waals surface area contributed by atoms with Crippen LogP contribution >= 0.6 is 0 Å². The molecular weight excluding hydrogens is 653 g/mol. The quantitative estimate of drug-likeness (QED) is 0.298. The van der Waals surface area contributed by atoms with Gasteiger partial charge in [-0.2, -0.15) is 17.5 Å². The van der Waals surface area contributed by atoms with Gasteiger partial charge in [0.15, 0.2) is 5.65 Å². The molecule has 0 bridgehead atoms. The molecule has 4 aromatic heterocycles. The molecule has 0 aliphatic carbocycles. The lowest BCUT2D eigenvalue weighted by atomic mass is 9.70. The first-order valence-corrected chi connectivity index (χ1v) is 16.7. The van der Waals surface area contributed by atoms with Crippen LogP contribution < -0.4 is 4.74 Å². The second-order valence-corrected chi connectivity index (χ2v) is 15.0. The summed E-state index contributed by atoms with van der Waals surface area (Å²) in [6.07, 6.45) is 0.396. The number of halogens is 3. The van der Waals surface area contributed by atoms with Crippen LogP contribution in [-0.4, -0.2) is 73.7 Å². The number of aliphatic carboxylic acids is 1. The minimum Gasteiger partial charge on any atom is -0.481 e. The molecule has 0 amide bonds. The number of hydrogen-bond donors (Lipinski definition) is 1. The van der Waals surface area contributed by atoms with Gasteiger partial charge in [0.1, 0.15) is 10.5 Å². The van der Waals surface area contributed by atoms with Crippen molar-refractivity contribution in [2.75, 3.05) is 19.8 Å². The molecule has 0 radical (unpaired) electrons. The van der Waals surface area contributed by atoms with Crippen molar-refractivity contribution < 1.29 is 41.0 Å². The largest absolute Gasteiger partial charge is 0.481 e. The third kappa shape index (κ3) is 5.79. The Kier molecular flexibility index (Phi) is 8.27. The molecule has 48 heavy (non-hydrogen) atoms. The maximum Gasteiger partial charge on any atom is 0.452 e. The number of fused-ring (bicyclic) bond motifs is 2. The van der Waals surface area contributed by atoms with Crippen LogP contribution in [0.25, 0.3) is 5.65 Å². The van der Waals surface area contributed by atoms with Crippen molar-refractivity contribution in [2.24, 2.45) is 5.41 Å². The standard InChI is InChI=1S/C32H35F3N6O6S/c1-18-12-24-27(37-14-18)47-31(7-10-46-11-8-31)17-40(48(24,44)45)16-22-13-21(15-36-20(22)3)25(30(4,5)29(42)43)23-6-9-41-26(19(23)2)38-39-28(41)32(33,34)35/h6,9,12-15,25H,7-8,10-11,16-17H2,1-5H3,(H,42,43). The molecule has 4 aromatic rings. The van der Waals surface area contributed by atoms with E-state index in [-0.39, 0.29) is 29.5 Å². The highest BCUT2D eigenvalue weighted by atomic mass is 32.2. The van der Waals surface area contributed by atoms with E-state index in [1.807, 2.05) is 0 Å². The van der Waals surface area contributed by atoms with E-state index in [2.05, 4.69) is 20.2 Å². The van der Waals surface area contributed by atoms with Crippen molar-refractivity contribution in [3.8, 4) is 5.88 Å². The lowest BCUT2D eigenvalue weighted by Gasteiger charge is -2.38. The van der Waals surface area contributed by atoms with E-state index in [1.165, 1.54) is 42.7 Å². The number of pyridine rings is 3. The van der Waals surface area contributed by atoms with Gasteiger partial charge in [-0.05, 0) is 74.6 Å². The van der Waals surface area contributed by atoms with E-state index in [4.69, 9.17) is 9.47 Å². The zero-order valence-corrected chi connectivity index (χ0v) is 27.8. The van der Waals surface area contributed by atoms with Gasteiger partial charge in [-0.1, -0.05) is 6.07 Å². The number of carbonyl (C=O) groups is 1. The monoisotopic (exact) mass is 688 g/mol. The van der Waals surface area contributed by atoms with Gasteiger partial charge < -0.3 is 14.6 Å². The minimum absolute atomic E-state index is 0.0199. The first-order chi connectivity index (χ1) is 22.4. The van der Waals surface area contributed by atoms with Crippen molar-refractivity contribution in [3.05, 3.63) is 76.1 Å². The van der Waals surface area contributed by atoms with Crippen LogP contribution in [0.1, 0.15) is 71.9 Å². The van der Waals surface area contributed by atoms with E-state index in [0.29, 0.717) is 59.6 Å². The summed E-state index contributed by atoms with van der Waals surface area (Å²) < 4.78 is 83.4. The SMILES string of the molecule is Cc1cnc2c(c1)S(=O)(=O)N(Cc1cc(C(c3ccn4c(C(F)(F)F)nnc4c3C)C(C)(C)C(=O)O)cnc1C)CC1(CCOCC1)O2. The summed E-state index contributed by atoms with van der Waals surface area (Å²) in [7, 11) is -4.13. The second-order valence-electron chi connectivity index (χ2n) is 13.1. The third-order valence-electron chi connectivity index (χ3n) is 9.35. The number of carboxylic acid groups (broad SMARTS) is 1. The molecule has 1 atom stereocenters. The molecule has 256 valence electrons. The Balaban J connectivity index is 1.47. The van der Waals surface area contributed by atoms with E-state index in [0.717, 1.165) is 4.40 Å². The maximum absolute atomic E-state index is 14.2. The van der Waals surface area contributed by atoms with Crippen molar-refractivity contribution in [3.63, 3.8) is 0 Å². The van der Waals surface area contributed by atoms with E-state index in [9.17, 15) is 31.5 Å². The molecule has 0 saturated carbocycles. The summed E-state index contributed by atoms with van der Waals surface area (Å²) in [6.45, 7) is 8.77. The number of rotatable bonds is 6. The van der Waals surface area contributed by atoms with Crippen LogP contribution in [-0.2, 0) is 32.3 Å². The van der Waals surface area contributed by atoms with Gasteiger partial charge in [-0.3, -0.25) is 14.2 Å². The molecule has 12 nitrogen and oxygen atoms in total. The molecular formula is C32H35F3N6O6S. The van der Waals surface area contributed by atoms with Gasteiger partial charge in [0.25, 0.3) is 0 Å². The number of ether oxygens (including phenoxy) is 2. The van der Waals surface area contributed by atoms with Gasteiger partial charge in [0.2, 0.25) is 21.7 Å². The Morgan fingerprint density at radius 2 is 1.79 bits per heavy atom. The molecule has 16 heteroatoms. The van der Waals surface area contributed by atoms with Gasteiger partial charge in [0, 0.05) is 49.6 Å². The number of aryl methyl sites for hydroxylation is 3. The molecule has 1 fully saturated rings. The highest BCUT2D eigenvalue weighted by Crippen LogP contribution is 2.44. The Morgan fingerprint density at radius 1 is 1.08 bits per heavy atom. The summed E-state index contributed by atoms with van der Waals surface area (Å²) >= 11 is 0.